The number of halogens is 2. The molecule has 0 atom stereocenters. The summed E-state index contributed by atoms with van der Waals surface area (Å²) < 4.78 is 6.42. The Morgan fingerprint density at radius 2 is 1.79 bits per heavy atom. The van der Waals surface area contributed by atoms with Gasteiger partial charge in [-0.3, -0.25) is 9.59 Å². The second kappa shape index (κ2) is 9.98. The second-order valence-electron chi connectivity index (χ2n) is 6.68. The van der Waals surface area contributed by atoms with E-state index in [0.717, 1.165) is 23.2 Å². The number of nitrogens with one attached hydrogen (secondary N) is 1. The van der Waals surface area contributed by atoms with Crippen molar-refractivity contribution in [3.8, 4) is 5.75 Å². The van der Waals surface area contributed by atoms with E-state index in [1.165, 1.54) is 0 Å². The lowest BCUT2D eigenvalue weighted by molar-refractivity contribution is -0.131. The van der Waals surface area contributed by atoms with E-state index in [0.29, 0.717) is 36.0 Å². The van der Waals surface area contributed by atoms with Crippen LogP contribution < -0.4 is 15.0 Å². The zero-order valence-electron chi connectivity index (χ0n) is 16.2. The molecule has 0 aliphatic carbocycles. The molecule has 2 aromatic carbocycles. The molecule has 3 rings (SSSR count). The molecule has 0 aromatic heterocycles. The van der Waals surface area contributed by atoms with Crippen LogP contribution in [0.4, 0.5) is 11.4 Å². The molecule has 1 N–H and O–H groups in total. The highest BCUT2D eigenvalue weighted by Crippen LogP contribution is 2.29. The molecule has 1 saturated heterocycles. The summed E-state index contributed by atoms with van der Waals surface area (Å²) in [5, 5.41) is 3.36. The van der Waals surface area contributed by atoms with E-state index < -0.39 is 0 Å². The van der Waals surface area contributed by atoms with E-state index in [4.69, 9.17) is 16.3 Å². The molecule has 1 fully saturated rings. The monoisotopic (exact) mass is 479 g/mol. The van der Waals surface area contributed by atoms with Crippen molar-refractivity contribution >= 4 is 50.7 Å². The van der Waals surface area contributed by atoms with Gasteiger partial charge in [-0.25, -0.2) is 0 Å². The van der Waals surface area contributed by atoms with Gasteiger partial charge < -0.3 is 19.9 Å². The van der Waals surface area contributed by atoms with Crippen LogP contribution in [0.25, 0.3) is 0 Å². The Kier molecular flexibility index (Phi) is 7.39. The highest BCUT2D eigenvalue weighted by molar-refractivity contribution is 9.10. The van der Waals surface area contributed by atoms with Crippen molar-refractivity contribution in [2.45, 2.75) is 13.3 Å². The predicted molar refractivity (Wildman–Crippen MR) is 119 cm³/mol. The van der Waals surface area contributed by atoms with E-state index in [1.54, 1.807) is 18.2 Å². The first-order valence-electron chi connectivity index (χ1n) is 9.46. The predicted octanol–water partition coefficient (Wildman–Crippen LogP) is 4.18. The highest BCUT2D eigenvalue weighted by Gasteiger charge is 2.21. The van der Waals surface area contributed by atoms with Gasteiger partial charge in [-0.1, -0.05) is 34.5 Å². The molecule has 2 amide bonds. The van der Waals surface area contributed by atoms with E-state index >= 15 is 0 Å². The molecule has 29 heavy (non-hydrogen) atoms. The lowest BCUT2D eigenvalue weighted by atomic mass is 10.2. The number of carbonyl (C=O) groups is 2. The molecule has 154 valence electrons. The quantitative estimate of drug-likeness (QED) is 0.674. The number of ether oxygens (including phenoxy) is 1. The Morgan fingerprint density at radius 1 is 1.10 bits per heavy atom. The number of hydrogen-bond acceptors (Lipinski definition) is 4. The number of rotatable bonds is 6. The topological polar surface area (TPSA) is 61.9 Å². The molecule has 6 nitrogen and oxygen atoms in total. The third-order valence-electron chi connectivity index (χ3n) is 4.69. The van der Waals surface area contributed by atoms with Crippen LogP contribution in [0.1, 0.15) is 13.3 Å². The van der Waals surface area contributed by atoms with Crippen LogP contribution in [0.5, 0.6) is 5.75 Å². The van der Waals surface area contributed by atoms with Gasteiger partial charge in [-0.15, -0.1) is 0 Å². The minimum absolute atomic E-state index is 0.0889. The molecule has 0 bridgehead atoms. The van der Waals surface area contributed by atoms with Crippen molar-refractivity contribution in [1.29, 1.82) is 0 Å². The van der Waals surface area contributed by atoms with E-state index in [1.807, 2.05) is 36.1 Å². The van der Waals surface area contributed by atoms with Gasteiger partial charge in [0.25, 0.3) is 5.91 Å². The summed E-state index contributed by atoms with van der Waals surface area (Å²) in [6.07, 6.45) is 0.528. The standard InChI is InChI=1S/C21H23BrClN3O3/c1-2-21(28)26-11-9-25(10-12-26)19-8-5-16(13-18(19)23)24-20(27)14-29-17-6-3-15(22)4-7-17/h3-8,13H,2,9-12,14H2,1H3,(H,24,27). The summed E-state index contributed by atoms with van der Waals surface area (Å²) in [4.78, 5) is 28.0. The van der Waals surface area contributed by atoms with Gasteiger partial charge in [0.1, 0.15) is 5.75 Å². The third kappa shape index (κ3) is 5.87. The zero-order valence-corrected chi connectivity index (χ0v) is 18.5. The highest BCUT2D eigenvalue weighted by atomic mass is 79.9. The number of nitrogens with zero attached hydrogens (tertiary/aromatic N) is 2. The minimum Gasteiger partial charge on any atom is -0.484 e. The average molecular weight is 481 g/mol. The van der Waals surface area contributed by atoms with Crippen LogP contribution in [0.2, 0.25) is 5.02 Å². The van der Waals surface area contributed by atoms with Crippen LogP contribution in [0, 0.1) is 0 Å². The van der Waals surface area contributed by atoms with E-state index in [9.17, 15) is 9.59 Å². The van der Waals surface area contributed by atoms with Gasteiger partial charge in [0, 0.05) is 42.8 Å². The van der Waals surface area contributed by atoms with Gasteiger partial charge in [0.05, 0.1) is 10.7 Å². The van der Waals surface area contributed by atoms with Crippen molar-refractivity contribution in [3.05, 3.63) is 52.0 Å². The third-order valence-corrected chi connectivity index (χ3v) is 5.52. The molecule has 0 spiro atoms. The van der Waals surface area contributed by atoms with Crippen LogP contribution in [-0.2, 0) is 9.59 Å². The van der Waals surface area contributed by atoms with Crippen LogP contribution >= 0.6 is 27.5 Å². The molecule has 1 heterocycles. The molecule has 0 saturated carbocycles. The van der Waals surface area contributed by atoms with Crippen molar-refractivity contribution in [2.24, 2.45) is 0 Å². The summed E-state index contributed by atoms with van der Waals surface area (Å²) in [6.45, 7) is 4.64. The zero-order chi connectivity index (χ0) is 20.8. The number of anilines is 2. The van der Waals surface area contributed by atoms with E-state index in [-0.39, 0.29) is 18.4 Å². The number of hydrogen-bond donors (Lipinski definition) is 1. The number of amides is 2. The molecular formula is C21H23BrClN3O3. The van der Waals surface area contributed by atoms with E-state index in [2.05, 4.69) is 26.1 Å². The average Bonchev–Trinajstić information content (AvgIpc) is 2.73. The SMILES string of the molecule is CCC(=O)N1CCN(c2ccc(NC(=O)COc3ccc(Br)cc3)cc2Cl)CC1. The maximum absolute atomic E-state index is 12.1. The Labute approximate surface area is 183 Å². The fourth-order valence-electron chi connectivity index (χ4n) is 3.14. The first-order valence-corrected chi connectivity index (χ1v) is 10.6. The van der Waals surface area contributed by atoms with Gasteiger partial charge >= 0.3 is 0 Å². The Bertz CT molecular complexity index is 868. The van der Waals surface area contributed by atoms with Gasteiger partial charge in [-0.05, 0) is 42.5 Å². The largest absolute Gasteiger partial charge is 0.484 e. The molecule has 8 heteroatoms. The van der Waals surface area contributed by atoms with Crippen LogP contribution in [-0.4, -0.2) is 49.5 Å². The van der Waals surface area contributed by atoms with Crippen molar-refractivity contribution in [1.82, 2.24) is 4.90 Å². The fraction of sp³-hybridized carbons (Fsp3) is 0.333. The van der Waals surface area contributed by atoms with Crippen LogP contribution in [0.15, 0.2) is 46.9 Å². The Balaban J connectivity index is 1.53. The molecule has 0 radical (unpaired) electrons. The summed E-state index contributed by atoms with van der Waals surface area (Å²) in [5.74, 6) is 0.542. The summed E-state index contributed by atoms with van der Waals surface area (Å²) >= 11 is 9.81. The lowest BCUT2D eigenvalue weighted by Gasteiger charge is -2.36. The maximum atomic E-state index is 12.1. The van der Waals surface area contributed by atoms with Crippen LogP contribution in [0.3, 0.4) is 0 Å². The van der Waals surface area contributed by atoms with Gasteiger partial charge in [0.2, 0.25) is 5.91 Å². The smallest absolute Gasteiger partial charge is 0.262 e. The normalized spacial score (nSPS) is 13.9. The fourth-order valence-corrected chi connectivity index (χ4v) is 3.70. The summed E-state index contributed by atoms with van der Waals surface area (Å²) in [5.41, 5.74) is 1.52. The van der Waals surface area contributed by atoms with Gasteiger partial charge in [0.15, 0.2) is 6.61 Å². The minimum atomic E-state index is -0.261. The molecule has 2 aromatic rings. The van der Waals surface area contributed by atoms with Crippen molar-refractivity contribution < 1.29 is 14.3 Å². The second-order valence-corrected chi connectivity index (χ2v) is 8.00. The number of piperazine rings is 1. The maximum Gasteiger partial charge on any atom is 0.262 e. The Hall–Kier alpha value is -2.25. The molecule has 1 aliphatic rings. The molecule has 1 aliphatic heterocycles. The first kappa shape index (κ1) is 21.5. The summed E-state index contributed by atoms with van der Waals surface area (Å²) in [7, 11) is 0. The lowest BCUT2D eigenvalue weighted by Crippen LogP contribution is -2.48. The number of benzene rings is 2. The number of carbonyl (C=O) groups excluding carboxylic acids is 2. The first-order chi connectivity index (χ1) is 14.0. The van der Waals surface area contributed by atoms with Crippen molar-refractivity contribution in [3.63, 3.8) is 0 Å². The molecule has 0 unspecified atom stereocenters. The summed E-state index contributed by atoms with van der Waals surface area (Å²) in [6, 6.07) is 12.7. The van der Waals surface area contributed by atoms with Crippen molar-refractivity contribution in [2.75, 3.05) is 43.0 Å². The Morgan fingerprint density at radius 3 is 2.41 bits per heavy atom. The van der Waals surface area contributed by atoms with Gasteiger partial charge in [-0.2, -0.15) is 0 Å². The molecular weight excluding hydrogens is 458 g/mol.